The average molecular weight is 319 g/mol. The van der Waals surface area contributed by atoms with E-state index in [0.717, 1.165) is 12.0 Å². The molecule has 0 amide bonds. The Kier molecular flexibility index (Phi) is 5.82. The lowest BCUT2D eigenvalue weighted by Crippen LogP contribution is -2.46. The third-order valence-electron chi connectivity index (χ3n) is 3.46. The Hall–Kier alpha value is -1.76. The van der Waals surface area contributed by atoms with Crippen molar-refractivity contribution < 1.29 is 27.8 Å². The fourth-order valence-corrected chi connectivity index (χ4v) is 2.21. The third-order valence-corrected chi connectivity index (χ3v) is 3.46. The fourth-order valence-electron chi connectivity index (χ4n) is 2.21. The number of carboxylic acid groups (broad SMARTS) is 1. The van der Waals surface area contributed by atoms with Crippen LogP contribution in [-0.2, 0) is 11.2 Å². The van der Waals surface area contributed by atoms with Crippen LogP contribution in [0.3, 0.4) is 0 Å². The number of ether oxygens (including phenoxy) is 1. The Bertz CT molecular complexity index is 498. The van der Waals surface area contributed by atoms with Crippen LogP contribution in [0.15, 0.2) is 24.3 Å². The van der Waals surface area contributed by atoms with Gasteiger partial charge in [0.15, 0.2) is 0 Å². The molecule has 1 rings (SSSR count). The number of halogens is 3. The summed E-state index contributed by atoms with van der Waals surface area (Å²) in [5.41, 5.74) is 5.23. The highest BCUT2D eigenvalue weighted by Gasteiger charge is 2.32. The number of hydrogen-bond acceptors (Lipinski definition) is 3. The highest BCUT2D eigenvalue weighted by molar-refractivity contribution is 5.77. The minimum Gasteiger partial charge on any atom is -0.480 e. The summed E-state index contributed by atoms with van der Waals surface area (Å²) in [5.74, 6) is -1.32. The van der Waals surface area contributed by atoms with Gasteiger partial charge in [-0.2, -0.15) is 0 Å². The van der Waals surface area contributed by atoms with Crippen molar-refractivity contribution in [2.24, 2.45) is 11.7 Å². The smallest absolute Gasteiger partial charge is 0.480 e. The number of hydrogen-bond donors (Lipinski definition) is 2. The first kappa shape index (κ1) is 18.3. The monoisotopic (exact) mass is 319 g/mol. The van der Waals surface area contributed by atoms with Gasteiger partial charge in [0.2, 0.25) is 0 Å². The average Bonchev–Trinajstić information content (AvgIpc) is 2.38. The summed E-state index contributed by atoms with van der Waals surface area (Å²) in [6, 6.07) is 5.57. The molecule has 0 fully saturated rings. The van der Waals surface area contributed by atoms with E-state index in [9.17, 15) is 18.0 Å². The van der Waals surface area contributed by atoms with Crippen molar-refractivity contribution in [1.82, 2.24) is 0 Å². The summed E-state index contributed by atoms with van der Waals surface area (Å²) >= 11 is 0. The van der Waals surface area contributed by atoms with Crippen molar-refractivity contribution in [3.05, 3.63) is 29.8 Å². The molecular formula is C15H20F3NO3. The Morgan fingerprint density at radius 2 is 1.86 bits per heavy atom. The Morgan fingerprint density at radius 1 is 1.32 bits per heavy atom. The highest BCUT2D eigenvalue weighted by atomic mass is 19.4. The highest BCUT2D eigenvalue weighted by Crippen LogP contribution is 2.26. The maximum atomic E-state index is 12.1. The number of aliphatic carboxylic acids is 1. The Labute approximate surface area is 127 Å². The maximum Gasteiger partial charge on any atom is 0.573 e. The predicted molar refractivity (Wildman–Crippen MR) is 75.5 cm³/mol. The van der Waals surface area contributed by atoms with Gasteiger partial charge in [-0.1, -0.05) is 25.5 Å². The second-order valence-electron chi connectivity index (χ2n) is 5.60. The zero-order chi connectivity index (χ0) is 17.0. The van der Waals surface area contributed by atoms with E-state index < -0.39 is 17.9 Å². The van der Waals surface area contributed by atoms with Crippen LogP contribution in [0.5, 0.6) is 5.75 Å². The second-order valence-corrected chi connectivity index (χ2v) is 5.60. The summed E-state index contributed by atoms with van der Waals surface area (Å²) < 4.78 is 40.0. The molecule has 0 radical (unpaired) electrons. The number of carbonyl (C=O) groups is 1. The molecule has 0 bridgehead atoms. The van der Waals surface area contributed by atoms with Crippen molar-refractivity contribution in [1.29, 1.82) is 0 Å². The third kappa shape index (κ3) is 5.93. The molecule has 1 aromatic carbocycles. The summed E-state index contributed by atoms with van der Waals surface area (Å²) in [5, 5.41) is 9.05. The normalized spacial score (nSPS) is 15.9. The molecule has 0 heterocycles. The lowest BCUT2D eigenvalue weighted by Gasteiger charge is -2.25. The van der Waals surface area contributed by atoms with E-state index in [1.807, 2.05) is 6.92 Å². The predicted octanol–water partition coefficient (Wildman–Crippen LogP) is 3.35. The van der Waals surface area contributed by atoms with Gasteiger partial charge in [-0.05, 0) is 43.4 Å². The summed E-state index contributed by atoms with van der Waals surface area (Å²) in [6.45, 7) is 3.38. The van der Waals surface area contributed by atoms with Gasteiger partial charge < -0.3 is 15.6 Å². The van der Waals surface area contributed by atoms with Gasteiger partial charge >= 0.3 is 12.3 Å². The quantitative estimate of drug-likeness (QED) is 0.808. The van der Waals surface area contributed by atoms with Crippen LogP contribution >= 0.6 is 0 Å². The molecule has 0 aliphatic heterocycles. The van der Waals surface area contributed by atoms with Crippen molar-refractivity contribution >= 4 is 5.97 Å². The number of nitrogens with two attached hydrogens (primary N) is 1. The van der Waals surface area contributed by atoms with Gasteiger partial charge in [0.25, 0.3) is 0 Å². The van der Waals surface area contributed by atoms with Crippen LogP contribution in [0.2, 0.25) is 0 Å². The molecule has 0 aliphatic rings. The van der Waals surface area contributed by atoms with Crippen LogP contribution in [0, 0.1) is 5.92 Å². The topological polar surface area (TPSA) is 72.5 Å². The molecule has 124 valence electrons. The maximum absolute atomic E-state index is 12.1. The molecule has 7 heteroatoms. The van der Waals surface area contributed by atoms with E-state index in [2.05, 4.69) is 4.74 Å². The first-order valence-corrected chi connectivity index (χ1v) is 6.90. The zero-order valence-electron chi connectivity index (χ0n) is 12.5. The van der Waals surface area contributed by atoms with Crippen molar-refractivity contribution in [2.45, 2.75) is 45.0 Å². The van der Waals surface area contributed by atoms with Crippen LogP contribution in [0.1, 0.15) is 32.3 Å². The molecule has 0 spiro atoms. The van der Waals surface area contributed by atoms with Crippen LogP contribution < -0.4 is 10.5 Å². The SMILES string of the molecule is CCC(Cc1ccc(OC(F)(F)F)cc1)CC(C)(N)C(=O)O. The first-order valence-electron chi connectivity index (χ1n) is 6.90. The van der Waals surface area contributed by atoms with Gasteiger partial charge in [-0.3, -0.25) is 4.79 Å². The van der Waals surface area contributed by atoms with Crippen LogP contribution in [0.4, 0.5) is 13.2 Å². The summed E-state index contributed by atoms with van der Waals surface area (Å²) in [7, 11) is 0. The van der Waals surface area contributed by atoms with Gasteiger partial charge in [0.05, 0.1) is 0 Å². The van der Waals surface area contributed by atoms with E-state index in [0.29, 0.717) is 12.8 Å². The lowest BCUT2D eigenvalue weighted by molar-refractivity contribution is -0.274. The molecule has 2 atom stereocenters. The Morgan fingerprint density at radius 3 is 2.27 bits per heavy atom. The summed E-state index contributed by atoms with van der Waals surface area (Å²) in [4.78, 5) is 11.1. The fraction of sp³-hybridized carbons (Fsp3) is 0.533. The largest absolute Gasteiger partial charge is 0.573 e. The minimum atomic E-state index is -4.71. The molecule has 0 aromatic heterocycles. The molecule has 1 aromatic rings. The molecule has 2 unspecified atom stereocenters. The molecule has 0 saturated heterocycles. The lowest BCUT2D eigenvalue weighted by atomic mass is 9.84. The molecule has 0 aliphatic carbocycles. The second kappa shape index (κ2) is 7.00. The number of alkyl halides is 3. The van der Waals surface area contributed by atoms with E-state index in [-0.39, 0.29) is 11.7 Å². The van der Waals surface area contributed by atoms with Crippen LogP contribution in [-0.4, -0.2) is 23.0 Å². The molecule has 3 N–H and O–H groups in total. The van der Waals surface area contributed by atoms with E-state index >= 15 is 0 Å². The first-order chi connectivity index (χ1) is 10.0. The van der Waals surface area contributed by atoms with Gasteiger partial charge in [-0.15, -0.1) is 13.2 Å². The molecule has 4 nitrogen and oxygen atoms in total. The van der Waals surface area contributed by atoms with E-state index in [4.69, 9.17) is 10.8 Å². The van der Waals surface area contributed by atoms with Crippen molar-refractivity contribution in [2.75, 3.05) is 0 Å². The van der Waals surface area contributed by atoms with Crippen molar-refractivity contribution in [3.63, 3.8) is 0 Å². The molecular weight excluding hydrogens is 299 g/mol. The Balaban J connectivity index is 2.70. The minimum absolute atomic E-state index is 0.0282. The molecule has 0 saturated carbocycles. The van der Waals surface area contributed by atoms with Gasteiger partial charge in [0, 0.05) is 0 Å². The van der Waals surface area contributed by atoms with E-state index in [1.54, 1.807) is 12.1 Å². The molecule has 22 heavy (non-hydrogen) atoms. The van der Waals surface area contributed by atoms with E-state index in [1.165, 1.54) is 19.1 Å². The summed E-state index contributed by atoms with van der Waals surface area (Å²) in [6.07, 6.45) is -3.15. The van der Waals surface area contributed by atoms with Crippen LogP contribution in [0.25, 0.3) is 0 Å². The number of rotatable bonds is 7. The van der Waals surface area contributed by atoms with Crippen molar-refractivity contribution in [3.8, 4) is 5.75 Å². The number of carboxylic acids is 1. The van der Waals surface area contributed by atoms with Gasteiger partial charge in [0.1, 0.15) is 11.3 Å². The number of benzene rings is 1. The standard InChI is InChI=1S/C15H20F3NO3/c1-3-10(9-14(2,19)13(20)21)8-11-4-6-12(7-5-11)22-15(16,17)18/h4-7,10H,3,8-9,19H2,1-2H3,(H,20,21). The van der Waals surface area contributed by atoms with Gasteiger partial charge in [-0.25, -0.2) is 0 Å². The zero-order valence-corrected chi connectivity index (χ0v) is 12.5.